The van der Waals surface area contributed by atoms with E-state index in [1.165, 1.54) is 0 Å². The highest BCUT2D eigenvalue weighted by Gasteiger charge is 2.17. The van der Waals surface area contributed by atoms with Gasteiger partial charge >= 0.3 is 0 Å². The molecule has 4 heteroatoms. The van der Waals surface area contributed by atoms with E-state index in [0.29, 0.717) is 5.56 Å². The van der Waals surface area contributed by atoms with Crippen LogP contribution in [-0.2, 0) is 0 Å². The van der Waals surface area contributed by atoms with Gasteiger partial charge in [-0.3, -0.25) is 4.98 Å². The summed E-state index contributed by atoms with van der Waals surface area (Å²) in [5, 5.41) is 20.3. The highest BCUT2D eigenvalue weighted by Crippen LogP contribution is 2.22. The van der Waals surface area contributed by atoms with Crippen LogP contribution in [-0.4, -0.2) is 27.2 Å². The predicted octanol–water partition coefficient (Wildman–Crippen LogP) is 2.18. The van der Waals surface area contributed by atoms with Crippen LogP contribution in [0.1, 0.15) is 17.4 Å². The Morgan fingerprint density at radius 1 is 1.24 bits per heavy atom. The monoisotopic (exact) mass is 251 g/mol. The summed E-state index contributed by atoms with van der Waals surface area (Å²) < 4.78 is 0. The van der Waals surface area contributed by atoms with Crippen LogP contribution in [0, 0.1) is 6.92 Å². The van der Waals surface area contributed by atoms with E-state index in [4.69, 9.17) is 11.6 Å². The number of aliphatic hydroxyl groups is 2. The molecule has 0 radical (unpaired) electrons. The lowest BCUT2D eigenvalue weighted by Crippen LogP contribution is -2.19. The van der Waals surface area contributed by atoms with Gasteiger partial charge in [0.15, 0.2) is 0 Å². The first-order chi connectivity index (χ1) is 8.11. The van der Waals surface area contributed by atoms with Gasteiger partial charge in [0.2, 0.25) is 0 Å². The third-order valence-corrected chi connectivity index (χ3v) is 3.03. The van der Waals surface area contributed by atoms with Gasteiger partial charge in [-0.15, -0.1) is 11.6 Å². The Morgan fingerprint density at radius 2 is 2.00 bits per heavy atom. The van der Waals surface area contributed by atoms with Crippen LogP contribution in [0.4, 0.5) is 0 Å². The molecule has 90 valence electrons. The first-order valence-electron chi connectivity index (χ1n) is 5.41. The average Bonchev–Trinajstić information content (AvgIpc) is 2.36. The van der Waals surface area contributed by atoms with Crippen LogP contribution in [0.3, 0.4) is 0 Å². The molecule has 0 aliphatic heterocycles. The summed E-state index contributed by atoms with van der Waals surface area (Å²) in [6.07, 6.45) is -1.91. The van der Waals surface area contributed by atoms with E-state index in [-0.39, 0.29) is 5.88 Å². The minimum Gasteiger partial charge on any atom is -0.389 e. The molecule has 2 atom stereocenters. The quantitative estimate of drug-likeness (QED) is 0.822. The van der Waals surface area contributed by atoms with Crippen molar-refractivity contribution < 1.29 is 10.2 Å². The molecule has 0 spiro atoms. The van der Waals surface area contributed by atoms with E-state index in [2.05, 4.69) is 4.98 Å². The minimum atomic E-state index is -0.960. The standard InChI is InChI=1S/C13H14ClNO2/c1-8-2-3-9-6-10(4-5-11(9)15-8)13(17)12(16)7-14/h2-6,12-13,16-17H,7H2,1H3. The number of hydrogen-bond donors (Lipinski definition) is 2. The van der Waals surface area contributed by atoms with Crippen LogP contribution in [0.2, 0.25) is 0 Å². The second-order valence-corrected chi connectivity index (χ2v) is 4.38. The SMILES string of the molecule is Cc1ccc2cc(C(O)C(O)CCl)ccc2n1. The Morgan fingerprint density at radius 3 is 2.71 bits per heavy atom. The van der Waals surface area contributed by atoms with E-state index >= 15 is 0 Å². The number of fused-ring (bicyclic) bond motifs is 1. The van der Waals surface area contributed by atoms with Crippen LogP contribution in [0.15, 0.2) is 30.3 Å². The number of nitrogens with zero attached hydrogens (tertiary/aromatic N) is 1. The molecule has 0 aliphatic carbocycles. The summed E-state index contributed by atoms with van der Waals surface area (Å²) in [5.74, 6) is 0.00531. The molecule has 1 aromatic heterocycles. The molecule has 2 rings (SSSR count). The molecular weight excluding hydrogens is 238 g/mol. The first-order valence-corrected chi connectivity index (χ1v) is 5.94. The molecule has 0 saturated heterocycles. The predicted molar refractivity (Wildman–Crippen MR) is 68.2 cm³/mol. The number of aromatic nitrogens is 1. The summed E-state index contributed by atoms with van der Waals surface area (Å²) in [5.41, 5.74) is 2.48. The smallest absolute Gasteiger partial charge is 0.106 e. The zero-order valence-electron chi connectivity index (χ0n) is 9.47. The molecule has 0 bridgehead atoms. The van der Waals surface area contributed by atoms with Gasteiger partial charge in [0.05, 0.1) is 17.5 Å². The molecule has 17 heavy (non-hydrogen) atoms. The number of hydrogen-bond acceptors (Lipinski definition) is 3. The normalized spacial score (nSPS) is 14.8. The minimum absolute atomic E-state index is 0.00531. The van der Waals surface area contributed by atoms with Crippen molar-refractivity contribution >= 4 is 22.5 Å². The Labute approximate surface area is 105 Å². The van der Waals surface area contributed by atoms with Gasteiger partial charge in [0.25, 0.3) is 0 Å². The molecule has 0 amide bonds. The molecule has 0 saturated carbocycles. The van der Waals surface area contributed by atoms with Crippen LogP contribution < -0.4 is 0 Å². The number of halogens is 1. The number of rotatable bonds is 3. The molecule has 0 fully saturated rings. The summed E-state index contributed by atoms with van der Waals surface area (Å²) >= 11 is 5.51. The van der Waals surface area contributed by atoms with Crippen molar-refractivity contribution in [2.75, 3.05) is 5.88 Å². The number of pyridine rings is 1. The number of aryl methyl sites for hydroxylation is 1. The highest BCUT2D eigenvalue weighted by atomic mass is 35.5. The van der Waals surface area contributed by atoms with Crippen molar-refractivity contribution in [1.82, 2.24) is 4.98 Å². The van der Waals surface area contributed by atoms with Crippen LogP contribution in [0.25, 0.3) is 10.9 Å². The van der Waals surface area contributed by atoms with Gasteiger partial charge in [-0.2, -0.15) is 0 Å². The van der Waals surface area contributed by atoms with E-state index in [1.807, 2.05) is 31.2 Å². The second-order valence-electron chi connectivity index (χ2n) is 4.07. The summed E-state index contributed by atoms with van der Waals surface area (Å²) in [4.78, 5) is 4.37. The van der Waals surface area contributed by atoms with Crippen molar-refractivity contribution in [2.45, 2.75) is 19.1 Å². The number of alkyl halides is 1. The van der Waals surface area contributed by atoms with Gasteiger partial charge in [-0.05, 0) is 30.7 Å². The maximum Gasteiger partial charge on any atom is 0.106 e. The third-order valence-electron chi connectivity index (χ3n) is 2.72. The number of benzene rings is 1. The summed E-state index contributed by atoms with van der Waals surface area (Å²) in [6.45, 7) is 1.93. The maximum atomic E-state index is 9.85. The molecule has 1 aromatic carbocycles. The zero-order chi connectivity index (χ0) is 12.4. The van der Waals surface area contributed by atoms with Gasteiger partial charge in [-0.25, -0.2) is 0 Å². The molecular formula is C13H14ClNO2. The zero-order valence-corrected chi connectivity index (χ0v) is 10.2. The lowest BCUT2D eigenvalue weighted by atomic mass is 10.0. The fourth-order valence-corrected chi connectivity index (χ4v) is 1.91. The lowest BCUT2D eigenvalue weighted by Gasteiger charge is -2.16. The van der Waals surface area contributed by atoms with Crippen molar-refractivity contribution in [3.05, 3.63) is 41.6 Å². The van der Waals surface area contributed by atoms with E-state index in [0.717, 1.165) is 16.6 Å². The van der Waals surface area contributed by atoms with E-state index in [9.17, 15) is 10.2 Å². The Bertz CT molecular complexity index is 530. The lowest BCUT2D eigenvalue weighted by molar-refractivity contribution is 0.0328. The Hall–Kier alpha value is -1.16. The second kappa shape index (κ2) is 5.00. The molecule has 3 nitrogen and oxygen atoms in total. The Balaban J connectivity index is 2.41. The van der Waals surface area contributed by atoms with Gasteiger partial charge in [0, 0.05) is 11.1 Å². The number of aliphatic hydroxyl groups excluding tert-OH is 2. The molecule has 2 aromatic rings. The van der Waals surface area contributed by atoms with Crippen molar-refractivity contribution in [1.29, 1.82) is 0 Å². The summed E-state index contributed by atoms with van der Waals surface area (Å²) in [6, 6.07) is 9.27. The van der Waals surface area contributed by atoms with E-state index in [1.54, 1.807) is 6.07 Å². The van der Waals surface area contributed by atoms with Crippen LogP contribution in [0.5, 0.6) is 0 Å². The van der Waals surface area contributed by atoms with Gasteiger partial charge in [0.1, 0.15) is 6.10 Å². The first kappa shape index (κ1) is 12.3. The largest absolute Gasteiger partial charge is 0.389 e. The third kappa shape index (κ3) is 2.57. The maximum absolute atomic E-state index is 9.85. The molecule has 1 heterocycles. The van der Waals surface area contributed by atoms with Gasteiger partial charge in [-0.1, -0.05) is 12.1 Å². The topological polar surface area (TPSA) is 53.4 Å². The van der Waals surface area contributed by atoms with Gasteiger partial charge < -0.3 is 10.2 Å². The summed E-state index contributed by atoms with van der Waals surface area (Å²) in [7, 11) is 0. The van der Waals surface area contributed by atoms with E-state index < -0.39 is 12.2 Å². The fourth-order valence-electron chi connectivity index (χ4n) is 1.74. The van der Waals surface area contributed by atoms with Crippen LogP contribution >= 0.6 is 11.6 Å². The van der Waals surface area contributed by atoms with Crippen molar-refractivity contribution in [3.63, 3.8) is 0 Å². The molecule has 2 N–H and O–H groups in total. The average molecular weight is 252 g/mol. The molecule has 0 aliphatic rings. The van der Waals surface area contributed by atoms with Crippen molar-refractivity contribution in [3.8, 4) is 0 Å². The van der Waals surface area contributed by atoms with Crippen molar-refractivity contribution in [2.24, 2.45) is 0 Å². The highest BCUT2D eigenvalue weighted by molar-refractivity contribution is 6.18. The fraction of sp³-hybridized carbons (Fsp3) is 0.308. The Kier molecular flexibility index (Phi) is 3.62. The molecule has 2 unspecified atom stereocenters.